The summed E-state index contributed by atoms with van der Waals surface area (Å²) in [5.41, 5.74) is 6.08. The molecular weight excluding hydrogens is 328 g/mol. The van der Waals surface area contributed by atoms with Crippen molar-refractivity contribution < 1.29 is 4.79 Å². The van der Waals surface area contributed by atoms with Gasteiger partial charge in [0.15, 0.2) is 4.34 Å². The van der Waals surface area contributed by atoms with Crippen molar-refractivity contribution >= 4 is 34.1 Å². The van der Waals surface area contributed by atoms with Crippen LogP contribution in [-0.4, -0.2) is 28.4 Å². The van der Waals surface area contributed by atoms with Gasteiger partial charge in [-0.15, -0.1) is 10.2 Å². The van der Waals surface area contributed by atoms with Gasteiger partial charge in [-0.05, 0) is 68.1 Å². The average Bonchev–Trinajstić information content (AvgIpc) is 2.89. The molecule has 0 radical (unpaired) electrons. The van der Waals surface area contributed by atoms with E-state index < -0.39 is 0 Å². The summed E-state index contributed by atoms with van der Waals surface area (Å²) in [5, 5.41) is 11.2. The van der Waals surface area contributed by atoms with E-state index in [1.54, 1.807) is 0 Å². The molecule has 126 valence electrons. The smallest absolute Gasteiger partial charge is 0.230 e. The van der Waals surface area contributed by atoms with E-state index in [9.17, 15) is 4.79 Å². The molecule has 1 aromatic heterocycles. The highest BCUT2D eigenvalue weighted by atomic mass is 32.2. The zero-order valence-corrected chi connectivity index (χ0v) is 14.9. The summed E-state index contributed by atoms with van der Waals surface area (Å²) < 4.78 is 0.763. The standard InChI is InChI=1S/C16H24N4OS2/c17-14-19-20-15(23-14)22-9-13(21)18-2-1-16-6-10-3-11(7-16)5-12(4-10)8-16/h10-12H,1-9H2,(H2,17,19)(H,18,21). The van der Waals surface area contributed by atoms with E-state index in [-0.39, 0.29) is 5.91 Å². The number of hydrogen-bond acceptors (Lipinski definition) is 6. The van der Waals surface area contributed by atoms with Crippen LogP contribution >= 0.6 is 23.1 Å². The minimum Gasteiger partial charge on any atom is -0.374 e. The average molecular weight is 353 g/mol. The summed E-state index contributed by atoms with van der Waals surface area (Å²) in [7, 11) is 0. The number of aromatic nitrogens is 2. The Labute approximate surface area is 145 Å². The lowest BCUT2D eigenvalue weighted by molar-refractivity contribution is -0.119. The molecule has 4 aliphatic carbocycles. The lowest BCUT2D eigenvalue weighted by Gasteiger charge is -2.57. The van der Waals surface area contributed by atoms with E-state index in [1.807, 2.05) is 0 Å². The third-order valence-corrected chi connectivity index (χ3v) is 7.78. The molecule has 1 aromatic rings. The predicted octanol–water partition coefficient (Wildman–Crippen LogP) is 2.94. The second kappa shape index (κ2) is 6.24. The molecule has 1 heterocycles. The van der Waals surface area contributed by atoms with Gasteiger partial charge in [-0.25, -0.2) is 0 Å². The number of thioether (sulfide) groups is 1. The number of nitrogen functional groups attached to an aromatic ring is 1. The summed E-state index contributed by atoms with van der Waals surface area (Å²) >= 11 is 2.74. The number of carbonyl (C=O) groups excluding carboxylic acids is 1. The zero-order valence-electron chi connectivity index (χ0n) is 13.3. The molecule has 5 rings (SSSR count). The largest absolute Gasteiger partial charge is 0.374 e. The van der Waals surface area contributed by atoms with Crippen molar-refractivity contribution in [2.75, 3.05) is 18.0 Å². The van der Waals surface area contributed by atoms with Crippen molar-refractivity contribution in [3.05, 3.63) is 0 Å². The van der Waals surface area contributed by atoms with E-state index in [4.69, 9.17) is 5.73 Å². The van der Waals surface area contributed by atoms with Crippen LogP contribution in [-0.2, 0) is 4.79 Å². The van der Waals surface area contributed by atoms with Gasteiger partial charge in [0.2, 0.25) is 11.0 Å². The van der Waals surface area contributed by atoms with Crippen LogP contribution in [0.2, 0.25) is 0 Å². The molecule has 3 N–H and O–H groups in total. The number of nitrogens with one attached hydrogen (secondary N) is 1. The summed E-state index contributed by atoms with van der Waals surface area (Å²) in [6.45, 7) is 0.823. The Hall–Kier alpha value is -0.820. The maximum absolute atomic E-state index is 12.0. The molecule has 4 bridgehead atoms. The van der Waals surface area contributed by atoms with Gasteiger partial charge in [0.1, 0.15) is 0 Å². The monoisotopic (exact) mass is 352 g/mol. The van der Waals surface area contributed by atoms with Crippen molar-refractivity contribution in [3.8, 4) is 0 Å². The zero-order chi connectivity index (χ0) is 15.9. The van der Waals surface area contributed by atoms with E-state index in [1.165, 1.54) is 68.0 Å². The fraction of sp³-hybridized carbons (Fsp3) is 0.812. The van der Waals surface area contributed by atoms with Gasteiger partial charge < -0.3 is 11.1 Å². The molecule has 0 spiro atoms. The van der Waals surface area contributed by atoms with Crippen LogP contribution in [0.5, 0.6) is 0 Å². The van der Waals surface area contributed by atoms with Crippen molar-refractivity contribution in [1.82, 2.24) is 15.5 Å². The fourth-order valence-corrected chi connectivity index (χ4v) is 6.99. The molecule has 7 heteroatoms. The number of rotatable bonds is 6. The van der Waals surface area contributed by atoms with Crippen LogP contribution in [0, 0.1) is 23.2 Å². The first-order valence-electron chi connectivity index (χ1n) is 8.59. The van der Waals surface area contributed by atoms with Crippen LogP contribution in [0.4, 0.5) is 5.13 Å². The minimum atomic E-state index is 0.0912. The minimum absolute atomic E-state index is 0.0912. The molecule has 0 saturated heterocycles. The van der Waals surface area contributed by atoms with Gasteiger partial charge in [-0.2, -0.15) is 0 Å². The van der Waals surface area contributed by atoms with E-state index in [2.05, 4.69) is 15.5 Å². The predicted molar refractivity (Wildman–Crippen MR) is 93.3 cm³/mol. The fourth-order valence-electron chi connectivity index (χ4n) is 5.52. The molecular formula is C16H24N4OS2. The molecule has 4 fully saturated rings. The number of hydrogen-bond donors (Lipinski definition) is 2. The lowest BCUT2D eigenvalue weighted by atomic mass is 9.49. The van der Waals surface area contributed by atoms with Crippen LogP contribution in [0.15, 0.2) is 4.34 Å². The Kier molecular flexibility index (Phi) is 4.26. The molecule has 0 atom stereocenters. The van der Waals surface area contributed by atoms with E-state index in [0.29, 0.717) is 16.3 Å². The Morgan fingerprint density at radius 2 is 1.87 bits per heavy atom. The lowest BCUT2D eigenvalue weighted by Crippen LogP contribution is -2.47. The summed E-state index contributed by atoms with van der Waals surface area (Å²) in [6.07, 6.45) is 9.83. The first-order chi connectivity index (χ1) is 11.1. The van der Waals surface area contributed by atoms with Gasteiger partial charge in [-0.1, -0.05) is 23.1 Å². The van der Waals surface area contributed by atoms with Crippen molar-refractivity contribution in [1.29, 1.82) is 0 Å². The van der Waals surface area contributed by atoms with Crippen molar-refractivity contribution in [2.45, 2.75) is 49.3 Å². The molecule has 0 unspecified atom stereocenters. The Balaban J connectivity index is 1.22. The van der Waals surface area contributed by atoms with Gasteiger partial charge in [0, 0.05) is 6.54 Å². The second-order valence-electron chi connectivity index (χ2n) is 7.71. The molecule has 5 nitrogen and oxygen atoms in total. The highest BCUT2D eigenvalue weighted by Crippen LogP contribution is 2.61. The van der Waals surface area contributed by atoms with Crippen LogP contribution in [0.1, 0.15) is 44.9 Å². The molecule has 0 aromatic carbocycles. The third kappa shape index (κ3) is 3.50. The van der Waals surface area contributed by atoms with Crippen LogP contribution in [0.3, 0.4) is 0 Å². The Morgan fingerprint density at radius 1 is 1.22 bits per heavy atom. The Bertz CT molecular complexity index is 553. The highest BCUT2D eigenvalue weighted by molar-refractivity contribution is 8.01. The summed E-state index contributed by atoms with van der Waals surface area (Å²) in [5.74, 6) is 3.43. The first-order valence-corrected chi connectivity index (χ1v) is 10.4. The molecule has 4 saturated carbocycles. The molecule has 23 heavy (non-hydrogen) atoms. The first kappa shape index (κ1) is 15.7. The normalized spacial score (nSPS) is 34.7. The summed E-state index contributed by atoms with van der Waals surface area (Å²) in [4.78, 5) is 12.0. The Morgan fingerprint density at radius 3 is 2.43 bits per heavy atom. The SMILES string of the molecule is Nc1nnc(SCC(=O)NCCC23CC4CC(CC(C4)C2)C3)s1. The summed E-state index contributed by atoms with van der Waals surface area (Å²) in [6, 6.07) is 0. The van der Waals surface area contributed by atoms with E-state index in [0.717, 1.165) is 28.6 Å². The number of nitrogens with zero attached hydrogens (tertiary/aromatic N) is 2. The number of carbonyl (C=O) groups is 1. The van der Waals surface area contributed by atoms with Crippen molar-refractivity contribution in [3.63, 3.8) is 0 Å². The highest BCUT2D eigenvalue weighted by Gasteiger charge is 2.50. The molecule has 4 aliphatic rings. The third-order valence-electron chi connectivity index (χ3n) is 5.89. The quantitative estimate of drug-likeness (QED) is 0.769. The second-order valence-corrected chi connectivity index (χ2v) is 9.94. The number of nitrogens with two attached hydrogens (primary N) is 1. The maximum Gasteiger partial charge on any atom is 0.230 e. The topological polar surface area (TPSA) is 80.9 Å². The van der Waals surface area contributed by atoms with E-state index >= 15 is 0 Å². The van der Waals surface area contributed by atoms with Gasteiger partial charge in [0.05, 0.1) is 5.75 Å². The van der Waals surface area contributed by atoms with Gasteiger partial charge in [-0.3, -0.25) is 4.79 Å². The molecule has 1 amide bonds. The number of amides is 1. The van der Waals surface area contributed by atoms with Crippen LogP contribution in [0.25, 0.3) is 0 Å². The molecule has 0 aliphatic heterocycles. The maximum atomic E-state index is 12.0. The number of anilines is 1. The van der Waals surface area contributed by atoms with Gasteiger partial charge in [0.25, 0.3) is 0 Å². The van der Waals surface area contributed by atoms with Crippen LogP contribution < -0.4 is 11.1 Å². The van der Waals surface area contributed by atoms with Crippen molar-refractivity contribution in [2.24, 2.45) is 23.2 Å². The van der Waals surface area contributed by atoms with Gasteiger partial charge >= 0.3 is 0 Å².